The maximum atomic E-state index is 11.3. The Bertz CT molecular complexity index is 340. The number of hydrogen-bond acceptors (Lipinski definition) is 3. The molecule has 0 heterocycles. The molecule has 88 valence electrons. The first kappa shape index (κ1) is 12.7. The van der Waals surface area contributed by atoms with E-state index in [1.54, 1.807) is 0 Å². The van der Waals surface area contributed by atoms with Gasteiger partial charge in [-0.25, -0.2) is 0 Å². The van der Waals surface area contributed by atoms with E-state index in [2.05, 4.69) is 5.32 Å². The number of carbonyl (C=O) groups is 1. The number of hydrogen-bond donors (Lipinski definition) is 3. The van der Waals surface area contributed by atoms with Gasteiger partial charge in [0.1, 0.15) is 0 Å². The molecule has 1 aromatic carbocycles. The molecule has 1 rings (SSSR count). The predicted molar refractivity (Wildman–Crippen MR) is 62.5 cm³/mol. The molecule has 0 aliphatic heterocycles. The van der Waals surface area contributed by atoms with Crippen LogP contribution in [-0.2, 0) is 17.9 Å². The molecule has 4 heteroatoms. The molecule has 0 bridgehead atoms. The van der Waals surface area contributed by atoms with Gasteiger partial charge in [-0.15, -0.1) is 0 Å². The van der Waals surface area contributed by atoms with Crippen LogP contribution in [0.4, 0.5) is 0 Å². The van der Waals surface area contributed by atoms with E-state index in [1.165, 1.54) is 0 Å². The van der Waals surface area contributed by atoms with E-state index in [1.807, 2.05) is 24.3 Å². The first-order valence-corrected chi connectivity index (χ1v) is 5.41. The molecule has 0 radical (unpaired) electrons. The molecule has 16 heavy (non-hydrogen) atoms. The minimum atomic E-state index is 0.0138. The van der Waals surface area contributed by atoms with E-state index in [-0.39, 0.29) is 12.5 Å². The predicted octanol–water partition coefficient (Wildman–Crippen LogP) is 0.534. The van der Waals surface area contributed by atoms with Gasteiger partial charge in [0, 0.05) is 13.0 Å². The van der Waals surface area contributed by atoms with Gasteiger partial charge in [-0.3, -0.25) is 4.79 Å². The van der Waals surface area contributed by atoms with Gasteiger partial charge in [-0.1, -0.05) is 24.3 Å². The minimum Gasteiger partial charge on any atom is -0.392 e. The number of nitrogens with two attached hydrogens (primary N) is 1. The highest BCUT2D eigenvalue weighted by Gasteiger charge is 2.00. The number of benzene rings is 1. The van der Waals surface area contributed by atoms with Crippen LogP contribution in [0.5, 0.6) is 0 Å². The van der Waals surface area contributed by atoms with Gasteiger partial charge in [0.15, 0.2) is 0 Å². The number of rotatable bonds is 6. The summed E-state index contributed by atoms with van der Waals surface area (Å²) in [5, 5.41) is 11.8. The molecule has 0 spiro atoms. The number of aliphatic hydroxyl groups is 1. The topological polar surface area (TPSA) is 75.4 Å². The van der Waals surface area contributed by atoms with Crippen LogP contribution in [0, 0.1) is 0 Å². The fraction of sp³-hybridized carbons (Fsp3) is 0.417. The minimum absolute atomic E-state index is 0.0138. The summed E-state index contributed by atoms with van der Waals surface area (Å²) < 4.78 is 0. The van der Waals surface area contributed by atoms with Crippen molar-refractivity contribution in [3.8, 4) is 0 Å². The second kappa shape index (κ2) is 6.98. The Morgan fingerprint density at radius 3 is 2.81 bits per heavy atom. The Hall–Kier alpha value is -1.39. The molecule has 0 saturated heterocycles. The third-order valence-electron chi connectivity index (χ3n) is 2.27. The average molecular weight is 222 g/mol. The van der Waals surface area contributed by atoms with Crippen LogP contribution in [0.1, 0.15) is 24.0 Å². The first-order chi connectivity index (χ1) is 7.76. The monoisotopic (exact) mass is 222 g/mol. The van der Waals surface area contributed by atoms with Crippen molar-refractivity contribution in [3.63, 3.8) is 0 Å². The SMILES string of the molecule is NCCCC(=O)NCc1cccc(CO)c1. The molecule has 0 aliphatic carbocycles. The van der Waals surface area contributed by atoms with Crippen molar-refractivity contribution < 1.29 is 9.90 Å². The number of carbonyl (C=O) groups excluding carboxylic acids is 1. The average Bonchev–Trinajstić information content (AvgIpc) is 2.34. The third kappa shape index (κ3) is 4.42. The van der Waals surface area contributed by atoms with Crippen LogP contribution >= 0.6 is 0 Å². The van der Waals surface area contributed by atoms with Crippen LogP contribution < -0.4 is 11.1 Å². The van der Waals surface area contributed by atoms with Crippen LogP contribution in [-0.4, -0.2) is 17.6 Å². The summed E-state index contributed by atoms with van der Waals surface area (Å²) in [5.41, 5.74) is 7.16. The Balaban J connectivity index is 2.38. The summed E-state index contributed by atoms with van der Waals surface area (Å²) in [6, 6.07) is 7.51. The van der Waals surface area contributed by atoms with Gasteiger partial charge in [0.2, 0.25) is 5.91 Å². The van der Waals surface area contributed by atoms with Crippen LogP contribution in [0.15, 0.2) is 24.3 Å². The quantitative estimate of drug-likeness (QED) is 0.657. The Labute approximate surface area is 95.5 Å². The molecule has 0 fully saturated rings. The van der Waals surface area contributed by atoms with Gasteiger partial charge < -0.3 is 16.2 Å². The van der Waals surface area contributed by atoms with Gasteiger partial charge in [-0.05, 0) is 24.1 Å². The maximum Gasteiger partial charge on any atom is 0.220 e. The van der Waals surface area contributed by atoms with Crippen molar-refractivity contribution in [2.24, 2.45) is 5.73 Å². The summed E-state index contributed by atoms with van der Waals surface area (Å²) in [7, 11) is 0. The largest absolute Gasteiger partial charge is 0.392 e. The molecule has 0 aliphatic rings. The lowest BCUT2D eigenvalue weighted by Crippen LogP contribution is -2.23. The molecule has 0 atom stereocenters. The molecule has 4 nitrogen and oxygen atoms in total. The zero-order valence-corrected chi connectivity index (χ0v) is 9.28. The molecule has 4 N–H and O–H groups in total. The first-order valence-electron chi connectivity index (χ1n) is 5.41. The van der Waals surface area contributed by atoms with Crippen molar-refractivity contribution in [2.45, 2.75) is 26.0 Å². The Kier molecular flexibility index (Phi) is 5.53. The summed E-state index contributed by atoms with van der Waals surface area (Å²) in [5.74, 6) is 0.0138. The van der Waals surface area contributed by atoms with Crippen LogP contribution in [0.25, 0.3) is 0 Å². The lowest BCUT2D eigenvalue weighted by Gasteiger charge is -2.06. The van der Waals surface area contributed by atoms with Gasteiger partial charge in [0.05, 0.1) is 6.61 Å². The van der Waals surface area contributed by atoms with Crippen molar-refractivity contribution in [1.82, 2.24) is 5.32 Å². The number of amides is 1. The lowest BCUT2D eigenvalue weighted by molar-refractivity contribution is -0.121. The Morgan fingerprint density at radius 2 is 2.12 bits per heavy atom. The summed E-state index contributed by atoms with van der Waals surface area (Å²) in [4.78, 5) is 11.3. The molecule has 0 unspecified atom stereocenters. The van der Waals surface area contributed by atoms with Gasteiger partial charge >= 0.3 is 0 Å². The van der Waals surface area contributed by atoms with E-state index in [0.717, 1.165) is 11.1 Å². The third-order valence-corrected chi connectivity index (χ3v) is 2.27. The molecule has 0 saturated carbocycles. The van der Waals surface area contributed by atoms with E-state index in [4.69, 9.17) is 10.8 Å². The van der Waals surface area contributed by atoms with Crippen molar-refractivity contribution >= 4 is 5.91 Å². The van der Waals surface area contributed by atoms with Crippen LogP contribution in [0.2, 0.25) is 0 Å². The zero-order chi connectivity index (χ0) is 11.8. The summed E-state index contributed by atoms with van der Waals surface area (Å²) in [6.07, 6.45) is 1.18. The van der Waals surface area contributed by atoms with Crippen molar-refractivity contribution in [2.75, 3.05) is 6.54 Å². The molecule has 1 aromatic rings. The standard InChI is InChI=1S/C12H18N2O2/c13-6-2-5-12(16)14-8-10-3-1-4-11(7-10)9-15/h1,3-4,7,15H,2,5-6,8-9,13H2,(H,14,16). The van der Waals surface area contributed by atoms with E-state index < -0.39 is 0 Å². The highest BCUT2D eigenvalue weighted by atomic mass is 16.3. The van der Waals surface area contributed by atoms with Gasteiger partial charge in [0.25, 0.3) is 0 Å². The van der Waals surface area contributed by atoms with Crippen molar-refractivity contribution in [1.29, 1.82) is 0 Å². The smallest absolute Gasteiger partial charge is 0.220 e. The normalized spacial score (nSPS) is 10.1. The fourth-order valence-corrected chi connectivity index (χ4v) is 1.39. The van der Waals surface area contributed by atoms with E-state index in [0.29, 0.717) is 25.9 Å². The number of aliphatic hydroxyl groups excluding tert-OH is 1. The second-order valence-corrected chi connectivity index (χ2v) is 3.65. The molecule has 0 aromatic heterocycles. The van der Waals surface area contributed by atoms with Crippen molar-refractivity contribution in [3.05, 3.63) is 35.4 Å². The van der Waals surface area contributed by atoms with E-state index in [9.17, 15) is 4.79 Å². The maximum absolute atomic E-state index is 11.3. The van der Waals surface area contributed by atoms with Gasteiger partial charge in [-0.2, -0.15) is 0 Å². The Morgan fingerprint density at radius 1 is 1.38 bits per heavy atom. The zero-order valence-electron chi connectivity index (χ0n) is 9.28. The highest BCUT2D eigenvalue weighted by molar-refractivity contribution is 5.75. The highest BCUT2D eigenvalue weighted by Crippen LogP contribution is 2.04. The molecular weight excluding hydrogens is 204 g/mol. The molecule has 1 amide bonds. The summed E-state index contributed by atoms with van der Waals surface area (Å²) >= 11 is 0. The molecular formula is C12H18N2O2. The number of nitrogens with one attached hydrogen (secondary N) is 1. The lowest BCUT2D eigenvalue weighted by atomic mass is 10.1. The fourth-order valence-electron chi connectivity index (χ4n) is 1.39. The van der Waals surface area contributed by atoms with Crippen LogP contribution in [0.3, 0.4) is 0 Å². The second-order valence-electron chi connectivity index (χ2n) is 3.65. The van der Waals surface area contributed by atoms with E-state index >= 15 is 0 Å². The summed E-state index contributed by atoms with van der Waals surface area (Å²) in [6.45, 7) is 1.06.